The molecule has 0 aromatic carbocycles. The summed E-state index contributed by atoms with van der Waals surface area (Å²) < 4.78 is 1.89. The van der Waals surface area contributed by atoms with E-state index >= 15 is 0 Å². The topological polar surface area (TPSA) is 43.8 Å². The first-order chi connectivity index (χ1) is 7.20. The maximum Gasteiger partial charge on any atom is 0.0550 e. The van der Waals surface area contributed by atoms with Gasteiger partial charge in [-0.2, -0.15) is 5.10 Å². The lowest BCUT2D eigenvalue weighted by atomic mass is 9.89. The lowest BCUT2D eigenvalue weighted by molar-refractivity contribution is 0.355. The maximum absolute atomic E-state index is 6.30. The highest BCUT2D eigenvalue weighted by atomic mass is 15.3. The highest BCUT2D eigenvalue weighted by molar-refractivity contribution is 5.07. The highest BCUT2D eigenvalue weighted by Gasteiger charge is 2.20. The summed E-state index contributed by atoms with van der Waals surface area (Å²) in [6.45, 7) is 4.44. The minimum atomic E-state index is 0.136. The van der Waals surface area contributed by atoms with Crippen molar-refractivity contribution in [2.75, 3.05) is 0 Å². The minimum Gasteiger partial charge on any atom is -0.322 e. The monoisotopic (exact) mass is 209 g/mol. The first-order valence-electron chi connectivity index (χ1n) is 5.94. The summed E-state index contributed by atoms with van der Waals surface area (Å²) in [6, 6.07) is 2.17. The van der Waals surface area contributed by atoms with E-state index in [9.17, 15) is 0 Å². The molecule has 0 aliphatic carbocycles. The third-order valence-electron chi connectivity index (χ3n) is 3.03. The van der Waals surface area contributed by atoms with Crippen LogP contribution in [0.25, 0.3) is 0 Å². The normalized spacial score (nSPS) is 13.4. The fourth-order valence-corrected chi connectivity index (χ4v) is 2.20. The van der Waals surface area contributed by atoms with Crippen LogP contribution in [-0.4, -0.2) is 9.78 Å². The van der Waals surface area contributed by atoms with Gasteiger partial charge in [0, 0.05) is 19.3 Å². The molecule has 0 amide bonds. The average Bonchev–Trinajstić information content (AvgIpc) is 2.63. The van der Waals surface area contributed by atoms with Crippen LogP contribution < -0.4 is 5.73 Å². The van der Waals surface area contributed by atoms with Crippen LogP contribution in [0.4, 0.5) is 0 Å². The Morgan fingerprint density at radius 3 is 2.33 bits per heavy atom. The molecule has 0 spiro atoms. The van der Waals surface area contributed by atoms with Crippen molar-refractivity contribution in [3.63, 3.8) is 0 Å². The van der Waals surface area contributed by atoms with Gasteiger partial charge in [-0.25, -0.2) is 0 Å². The van der Waals surface area contributed by atoms with E-state index in [0.717, 1.165) is 5.69 Å². The van der Waals surface area contributed by atoms with Gasteiger partial charge in [-0.1, -0.05) is 26.7 Å². The molecule has 2 N–H and O–H groups in total. The summed E-state index contributed by atoms with van der Waals surface area (Å²) in [4.78, 5) is 0. The second-order valence-corrected chi connectivity index (χ2v) is 4.24. The molecule has 1 rings (SSSR count). The summed E-state index contributed by atoms with van der Waals surface area (Å²) in [5.41, 5.74) is 7.45. The van der Waals surface area contributed by atoms with Crippen molar-refractivity contribution < 1.29 is 0 Å². The zero-order chi connectivity index (χ0) is 11.3. The standard InChI is InChI=1S/C12H23N3/c1-4-6-10(7-5-2)12(13)11-8-9-14-15(11)3/h8-10,12H,4-7,13H2,1-3H3. The van der Waals surface area contributed by atoms with Gasteiger partial charge >= 0.3 is 0 Å². The molecule has 0 saturated heterocycles. The number of hydrogen-bond acceptors (Lipinski definition) is 2. The Morgan fingerprint density at radius 1 is 1.33 bits per heavy atom. The Labute approximate surface area is 92.7 Å². The van der Waals surface area contributed by atoms with Crippen molar-refractivity contribution >= 4 is 0 Å². The molecule has 1 heterocycles. The van der Waals surface area contributed by atoms with Gasteiger partial charge in [0.1, 0.15) is 0 Å². The Morgan fingerprint density at radius 2 is 1.93 bits per heavy atom. The largest absolute Gasteiger partial charge is 0.322 e. The molecule has 0 bridgehead atoms. The third kappa shape index (κ3) is 3.06. The number of aromatic nitrogens is 2. The highest BCUT2D eigenvalue weighted by Crippen LogP contribution is 2.26. The summed E-state index contributed by atoms with van der Waals surface area (Å²) in [6.07, 6.45) is 6.65. The van der Waals surface area contributed by atoms with E-state index in [1.54, 1.807) is 0 Å². The van der Waals surface area contributed by atoms with Gasteiger partial charge in [-0.15, -0.1) is 0 Å². The average molecular weight is 209 g/mol. The number of nitrogens with zero attached hydrogens (tertiary/aromatic N) is 2. The fraction of sp³-hybridized carbons (Fsp3) is 0.750. The molecule has 3 nitrogen and oxygen atoms in total. The molecule has 0 saturated carbocycles. The summed E-state index contributed by atoms with van der Waals surface area (Å²) in [7, 11) is 1.96. The Kier molecular flexibility index (Phi) is 4.82. The van der Waals surface area contributed by atoms with Crippen LogP contribution >= 0.6 is 0 Å². The first-order valence-corrected chi connectivity index (χ1v) is 5.94. The lowest BCUT2D eigenvalue weighted by Gasteiger charge is -2.23. The lowest BCUT2D eigenvalue weighted by Crippen LogP contribution is -2.23. The minimum absolute atomic E-state index is 0.136. The molecular formula is C12H23N3. The molecule has 1 unspecified atom stereocenters. The Hall–Kier alpha value is -0.830. The van der Waals surface area contributed by atoms with Crippen LogP contribution in [0, 0.1) is 5.92 Å². The van der Waals surface area contributed by atoms with Crippen molar-refractivity contribution in [3.05, 3.63) is 18.0 Å². The van der Waals surface area contributed by atoms with Crippen LogP contribution in [0.3, 0.4) is 0 Å². The van der Waals surface area contributed by atoms with E-state index in [4.69, 9.17) is 5.73 Å². The quantitative estimate of drug-likeness (QED) is 0.782. The third-order valence-corrected chi connectivity index (χ3v) is 3.03. The molecular weight excluding hydrogens is 186 g/mol. The van der Waals surface area contributed by atoms with Crippen molar-refractivity contribution in [1.82, 2.24) is 9.78 Å². The Bertz CT molecular complexity index is 274. The van der Waals surface area contributed by atoms with Gasteiger partial charge in [0.05, 0.1) is 5.69 Å². The van der Waals surface area contributed by atoms with Crippen molar-refractivity contribution in [2.45, 2.75) is 45.6 Å². The van der Waals surface area contributed by atoms with Crippen LogP contribution in [0.1, 0.15) is 51.3 Å². The molecule has 0 radical (unpaired) electrons. The van der Waals surface area contributed by atoms with Gasteiger partial charge in [0.2, 0.25) is 0 Å². The Balaban J connectivity index is 2.71. The summed E-state index contributed by atoms with van der Waals surface area (Å²) in [5.74, 6) is 0.593. The summed E-state index contributed by atoms with van der Waals surface area (Å²) in [5, 5.41) is 4.18. The second kappa shape index (κ2) is 5.91. The van der Waals surface area contributed by atoms with Crippen molar-refractivity contribution in [2.24, 2.45) is 18.7 Å². The van der Waals surface area contributed by atoms with Crippen LogP contribution in [0.5, 0.6) is 0 Å². The molecule has 1 atom stereocenters. The van der Waals surface area contributed by atoms with Gasteiger partial charge in [0.15, 0.2) is 0 Å². The van der Waals surface area contributed by atoms with Crippen LogP contribution in [-0.2, 0) is 7.05 Å². The fourth-order valence-electron chi connectivity index (χ4n) is 2.20. The number of nitrogens with two attached hydrogens (primary N) is 1. The number of hydrogen-bond donors (Lipinski definition) is 1. The number of aryl methyl sites for hydroxylation is 1. The zero-order valence-corrected chi connectivity index (χ0v) is 10.1. The van der Waals surface area contributed by atoms with Crippen molar-refractivity contribution in [1.29, 1.82) is 0 Å². The maximum atomic E-state index is 6.30. The van der Waals surface area contributed by atoms with Gasteiger partial charge < -0.3 is 5.73 Å². The predicted octanol–water partition coefficient (Wildman–Crippen LogP) is 2.64. The van der Waals surface area contributed by atoms with Gasteiger partial charge in [-0.05, 0) is 24.8 Å². The van der Waals surface area contributed by atoms with Crippen LogP contribution in [0.15, 0.2) is 12.3 Å². The van der Waals surface area contributed by atoms with E-state index < -0.39 is 0 Å². The van der Waals surface area contributed by atoms with E-state index in [0.29, 0.717) is 5.92 Å². The predicted molar refractivity (Wildman–Crippen MR) is 63.4 cm³/mol. The molecule has 0 fully saturated rings. The van der Waals surface area contributed by atoms with Gasteiger partial charge in [0.25, 0.3) is 0 Å². The van der Waals surface area contributed by atoms with E-state index in [2.05, 4.69) is 18.9 Å². The van der Waals surface area contributed by atoms with E-state index in [1.165, 1.54) is 25.7 Å². The molecule has 15 heavy (non-hydrogen) atoms. The summed E-state index contributed by atoms with van der Waals surface area (Å²) >= 11 is 0. The van der Waals surface area contributed by atoms with Crippen molar-refractivity contribution in [3.8, 4) is 0 Å². The first kappa shape index (κ1) is 12.2. The molecule has 86 valence electrons. The number of rotatable bonds is 6. The van der Waals surface area contributed by atoms with E-state index in [1.807, 2.05) is 24.0 Å². The molecule has 0 aliphatic rings. The molecule has 3 heteroatoms. The van der Waals surface area contributed by atoms with Gasteiger partial charge in [-0.3, -0.25) is 4.68 Å². The smallest absolute Gasteiger partial charge is 0.0550 e. The van der Waals surface area contributed by atoms with E-state index in [-0.39, 0.29) is 6.04 Å². The van der Waals surface area contributed by atoms with Crippen LogP contribution in [0.2, 0.25) is 0 Å². The molecule has 1 aromatic heterocycles. The SMILES string of the molecule is CCCC(CCC)C(N)c1ccnn1C. The molecule has 1 aromatic rings. The second-order valence-electron chi connectivity index (χ2n) is 4.24. The molecule has 0 aliphatic heterocycles. The zero-order valence-electron chi connectivity index (χ0n) is 10.1.